The molecule has 1 amide bonds. The number of benzene rings is 1. The van der Waals surface area contributed by atoms with Gasteiger partial charge in [-0.2, -0.15) is 0 Å². The largest absolute Gasteiger partial charge is 0.480 e. The highest BCUT2D eigenvalue weighted by Gasteiger charge is 2.24. The lowest BCUT2D eigenvalue weighted by atomic mass is 9.91. The second-order valence-corrected chi connectivity index (χ2v) is 6.19. The molecule has 0 aliphatic heterocycles. The zero-order valence-corrected chi connectivity index (χ0v) is 12.5. The van der Waals surface area contributed by atoms with Crippen molar-refractivity contribution in [1.82, 2.24) is 5.32 Å². The number of fused-ring (bicyclic) bond motifs is 3. The highest BCUT2D eigenvalue weighted by molar-refractivity contribution is 7.17. The number of hydrogen-bond donors (Lipinski definition) is 2. The van der Waals surface area contributed by atoms with Crippen LogP contribution in [0.3, 0.4) is 0 Å². The van der Waals surface area contributed by atoms with Crippen LogP contribution in [0.1, 0.15) is 20.8 Å². The summed E-state index contributed by atoms with van der Waals surface area (Å²) in [5, 5.41) is 11.0. The molecule has 114 valence electrons. The van der Waals surface area contributed by atoms with Gasteiger partial charge in [0.2, 0.25) is 0 Å². The lowest BCUT2D eigenvalue weighted by Gasteiger charge is -2.15. The summed E-state index contributed by atoms with van der Waals surface area (Å²) in [5.41, 5.74) is 3.45. The summed E-state index contributed by atoms with van der Waals surface area (Å²) in [4.78, 5) is 24.4. The Morgan fingerprint density at radius 3 is 2.73 bits per heavy atom. The predicted molar refractivity (Wildman–Crippen MR) is 82.0 cm³/mol. The van der Waals surface area contributed by atoms with Crippen LogP contribution in [0.25, 0.3) is 10.4 Å². The predicted octanol–water partition coefficient (Wildman–Crippen LogP) is 2.67. The maximum Gasteiger partial charge on any atom is 0.328 e. The smallest absolute Gasteiger partial charge is 0.328 e. The van der Waals surface area contributed by atoms with E-state index in [0.717, 1.165) is 28.8 Å². The Labute approximate surface area is 130 Å². The lowest BCUT2D eigenvalue weighted by molar-refractivity contribution is -0.139. The molecule has 0 fully saturated rings. The van der Waals surface area contributed by atoms with E-state index in [1.165, 1.54) is 16.9 Å². The fraction of sp³-hybridized carbons (Fsp3) is 0.250. The average Bonchev–Trinajstić information content (AvgIpc) is 2.96. The summed E-state index contributed by atoms with van der Waals surface area (Å²) in [6.07, 6.45) is 1.77. The van der Waals surface area contributed by atoms with Gasteiger partial charge in [0, 0.05) is 4.88 Å². The zero-order valence-electron chi connectivity index (χ0n) is 11.6. The van der Waals surface area contributed by atoms with E-state index in [2.05, 4.69) is 11.4 Å². The van der Waals surface area contributed by atoms with Crippen LogP contribution in [0.15, 0.2) is 30.3 Å². The van der Waals surface area contributed by atoms with Gasteiger partial charge in [-0.15, -0.1) is 11.3 Å². The molecule has 22 heavy (non-hydrogen) atoms. The van der Waals surface area contributed by atoms with Crippen molar-refractivity contribution in [3.8, 4) is 10.4 Å². The lowest BCUT2D eigenvalue weighted by Crippen LogP contribution is -2.42. The first-order valence-corrected chi connectivity index (χ1v) is 7.72. The second-order valence-electron chi connectivity index (χ2n) is 5.14. The SMILES string of the molecule is O=C(NC(CF)C(=O)O)c1cc2c(s1)-c1ccccc1CC2. The van der Waals surface area contributed by atoms with Crippen LogP contribution in [-0.2, 0) is 17.6 Å². The Balaban J connectivity index is 1.88. The number of rotatable bonds is 4. The fourth-order valence-corrected chi connectivity index (χ4v) is 3.75. The summed E-state index contributed by atoms with van der Waals surface area (Å²) in [7, 11) is 0. The molecule has 3 rings (SSSR count). The molecule has 1 unspecified atom stereocenters. The third-order valence-electron chi connectivity index (χ3n) is 3.72. The summed E-state index contributed by atoms with van der Waals surface area (Å²) in [6.45, 7) is -1.13. The molecular formula is C16H14FNO3S. The maximum atomic E-state index is 12.6. The molecule has 4 nitrogen and oxygen atoms in total. The molecule has 1 aromatic carbocycles. The highest BCUT2D eigenvalue weighted by atomic mass is 32.1. The number of carbonyl (C=O) groups is 2. The number of hydrogen-bond acceptors (Lipinski definition) is 3. The van der Waals surface area contributed by atoms with Gasteiger partial charge < -0.3 is 10.4 Å². The Kier molecular flexibility index (Phi) is 3.94. The number of aryl methyl sites for hydroxylation is 2. The summed E-state index contributed by atoms with van der Waals surface area (Å²) in [5.74, 6) is -1.91. The number of alkyl halides is 1. The molecule has 2 aromatic rings. The van der Waals surface area contributed by atoms with Crippen LogP contribution in [0, 0.1) is 0 Å². The molecule has 0 bridgehead atoms. The topological polar surface area (TPSA) is 66.4 Å². The van der Waals surface area contributed by atoms with Crippen LogP contribution >= 0.6 is 11.3 Å². The molecule has 1 aromatic heterocycles. The monoisotopic (exact) mass is 319 g/mol. The van der Waals surface area contributed by atoms with Gasteiger partial charge in [-0.05, 0) is 35.6 Å². The molecule has 1 aliphatic rings. The first kappa shape index (κ1) is 14.7. The number of amides is 1. The molecule has 0 saturated carbocycles. The molecule has 2 N–H and O–H groups in total. The van der Waals surface area contributed by atoms with Crippen molar-refractivity contribution in [3.63, 3.8) is 0 Å². The Hall–Kier alpha value is -2.21. The Morgan fingerprint density at radius 1 is 1.27 bits per heavy atom. The van der Waals surface area contributed by atoms with E-state index in [4.69, 9.17) is 5.11 Å². The Bertz CT molecular complexity index is 741. The molecule has 6 heteroatoms. The third-order valence-corrected chi connectivity index (χ3v) is 4.93. The molecule has 0 radical (unpaired) electrons. The minimum absolute atomic E-state index is 0.418. The number of thiophene rings is 1. The second kappa shape index (κ2) is 5.88. The van der Waals surface area contributed by atoms with Crippen LogP contribution in [-0.4, -0.2) is 29.7 Å². The summed E-state index contributed by atoms with van der Waals surface area (Å²) in [6, 6.07) is 8.32. The highest BCUT2D eigenvalue weighted by Crippen LogP contribution is 2.39. The van der Waals surface area contributed by atoms with Gasteiger partial charge in [-0.3, -0.25) is 4.79 Å². The van der Waals surface area contributed by atoms with Gasteiger partial charge in [0.15, 0.2) is 6.04 Å². The minimum atomic E-state index is -1.50. The van der Waals surface area contributed by atoms with Crippen LogP contribution in [0.2, 0.25) is 0 Å². The van der Waals surface area contributed by atoms with Crippen molar-refractivity contribution in [2.75, 3.05) is 6.67 Å². The van der Waals surface area contributed by atoms with Crippen molar-refractivity contribution >= 4 is 23.2 Å². The van der Waals surface area contributed by atoms with Gasteiger partial charge in [0.05, 0.1) is 4.88 Å². The first-order valence-electron chi connectivity index (χ1n) is 6.90. The zero-order chi connectivity index (χ0) is 15.7. The number of carboxylic acids is 1. The van der Waals surface area contributed by atoms with Crippen molar-refractivity contribution in [1.29, 1.82) is 0 Å². The van der Waals surface area contributed by atoms with E-state index < -0.39 is 24.6 Å². The summed E-state index contributed by atoms with van der Waals surface area (Å²) >= 11 is 1.32. The van der Waals surface area contributed by atoms with E-state index in [9.17, 15) is 14.0 Å². The number of carboxylic acid groups (broad SMARTS) is 1. The van der Waals surface area contributed by atoms with Crippen molar-refractivity contribution < 1.29 is 19.1 Å². The summed E-state index contributed by atoms with van der Waals surface area (Å²) < 4.78 is 12.6. The van der Waals surface area contributed by atoms with E-state index >= 15 is 0 Å². The van der Waals surface area contributed by atoms with Gasteiger partial charge in [-0.1, -0.05) is 24.3 Å². The van der Waals surface area contributed by atoms with Crippen molar-refractivity contribution in [3.05, 3.63) is 46.3 Å². The van der Waals surface area contributed by atoms with Gasteiger partial charge >= 0.3 is 5.97 Å². The van der Waals surface area contributed by atoms with E-state index in [0.29, 0.717) is 4.88 Å². The normalized spacial score (nSPS) is 13.9. The maximum absolute atomic E-state index is 12.6. The van der Waals surface area contributed by atoms with Gasteiger partial charge in [0.1, 0.15) is 6.67 Å². The van der Waals surface area contributed by atoms with Gasteiger partial charge in [-0.25, -0.2) is 9.18 Å². The van der Waals surface area contributed by atoms with Crippen molar-refractivity contribution in [2.45, 2.75) is 18.9 Å². The first-order chi connectivity index (χ1) is 10.6. The molecular weight excluding hydrogens is 305 g/mol. The number of aliphatic carboxylic acids is 1. The quantitative estimate of drug-likeness (QED) is 0.910. The third kappa shape index (κ3) is 2.62. The standard InChI is InChI=1S/C16H14FNO3S/c17-8-12(16(20)21)18-15(19)13-7-10-6-5-9-3-1-2-4-11(9)14(10)22-13/h1-4,7,12H,5-6,8H2,(H,18,19)(H,20,21). The van der Waals surface area contributed by atoms with Crippen LogP contribution < -0.4 is 5.32 Å². The van der Waals surface area contributed by atoms with Crippen LogP contribution in [0.4, 0.5) is 4.39 Å². The number of nitrogens with one attached hydrogen (secondary N) is 1. The van der Waals surface area contributed by atoms with Crippen molar-refractivity contribution in [2.24, 2.45) is 0 Å². The number of halogens is 1. The van der Waals surface area contributed by atoms with E-state index in [-0.39, 0.29) is 0 Å². The van der Waals surface area contributed by atoms with Gasteiger partial charge in [0.25, 0.3) is 5.91 Å². The molecule has 1 aliphatic carbocycles. The Morgan fingerprint density at radius 2 is 2.00 bits per heavy atom. The van der Waals surface area contributed by atoms with E-state index in [1.807, 2.05) is 18.2 Å². The van der Waals surface area contributed by atoms with E-state index in [1.54, 1.807) is 6.07 Å². The fourth-order valence-electron chi connectivity index (χ4n) is 2.58. The molecule has 1 heterocycles. The van der Waals surface area contributed by atoms with Crippen LogP contribution in [0.5, 0.6) is 0 Å². The number of carbonyl (C=O) groups excluding carboxylic acids is 1. The molecule has 0 spiro atoms. The average molecular weight is 319 g/mol. The molecule has 0 saturated heterocycles. The molecule has 1 atom stereocenters. The minimum Gasteiger partial charge on any atom is -0.480 e.